The molecule has 0 heterocycles. The largest absolute Gasteiger partial charge is 0.494 e. The number of nitrogens with zero attached hydrogens (tertiary/aromatic N) is 1. The van der Waals surface area contributed by atoms with E-state index in [9.17, 15) is 4.79 Å². The number of hydrogen-bond donors (Lipinski definition) is 1. The molecule has 0 bridgehead atoms. The zero-order valence-electron chi connectivity index (χ0n) is 13.7. The van der Waals surface area contributed by atoms with Crippen molar-refractivity contribution in [2.75, 3.05) is 20.2 Å². The molecule has 1 aromatic carbocycles. The van der Waals surface area contributed by atoms with Crippen molar-refractivity contribution in [3.05, 3.63) is 27.7 Å². The number of benzene rings is 1. The van der Waals surface area contributed by atoms with Gasteiger partial charge in [-0.1, -0.05) is 23.2 Å². The van der Waals surface area contributed by atoms with Gasteiger partial charge >= 0.3 is 0 Å². The van der Waals surface area contributed by atoms with E-state index in [4.69, 9.17) is 27.9 Å². The average Bonchev–Trinajstić information content (AvgIpc) is 2.41. The highest BCUT2D eigenvalue weighted by atomic mass is 35.5. The number of halogens is 2. The number of amides is 1. The molecule has 0 spiro atoms. The van der Waals surface area contributed by atoms with E-state index in [1.807, 2.05) is 0 Å². The maximum atomic E-state index is 12.2. The zero-order chi connectivity index (χ0) is 16.9. The minimum absolute atomic E-state index is 0.195. The molecule has 1 N–H and O–H groups in total. The molecule has 6 heteroatoms. The maximum absolute atomic E-state index is 12.2. The van der Waals surface area contributed by atoms with Gasteiger partial charge in [-0.05, 0) is 39.8 Å². The van der Waals surface area contributed by atoms with Crippen LogP contribution in [0.15, 0.2) is 12.1 Å². The van der Waals surface area contributed by atoms with Gasteiger partial charge in [0.1, 0.15) is 0 Å². The summed E-state index contributed by atoms with van der Waals surface area (Å²) in [6, 6.07) is 3.98. The number of rotatable bonds is 7. The Balaban J connectivity index is 2.67. The van der Waals surface area contributed by atoms with Crippen LogP contribution in [0.4, 0.5) is 0 Å². The standard InChI is InChI=1S/C16H24Cl2N2O2/c1-10(2)20(11(3)4)7-6-19-16(21)12-8-13(17)15(22-5)14(18)9-12/h8-11H,6-7H2,1-5H3,(H,19,21). The number of hydrogen-bond acceptors (Lipinski definition) is 3. The fourth-order valence-electron chi connectivity index (χ4n) is 2.40. The normalized spacial score (nSPS) is 11.4. The quantitative estimate of drug-likeness (QED) is 0.815. The Bertz CT molecular complexity index is 488. The first-order valence-electron chi connectivity index (χ1n) is 7.34. The Morgan fingerprint density at radius 2 is 1.68 bits per heavy atom. The molecule has 0 aliphatic heterocycles. The second-order valence-corrected chi connectivity index (χ2v) is 6.47. The van der Waals surface area contributed by atoms with Crippen molar-refractivity contribution < 1.29 is 9.53 Å². The highest BCUT2D eigenvalue weighted by Crippen LogP contribution is 2.33. The van der Waals surface area contributed by atoms with Crippen molar-refractivity contribution in [1.82, 2.24) is 10.2 Å². The minimum Gasteiger partial charge on any atom is -0.494 e. The summed E-state index contributed by atoms with van der Waals surface area (Å²) in [5.74, 6) is 0.185. The Labute approximate surface area is 142 Å². The third-order valence-electron chi connectivity index (χ3n) is 3.45. The highest BCUT2D eigenvalue weighted by molar-refractivity contribution is 6.37. The number of carbonyl (C=O) groups excluding carboxylic acids is 1. The molecule has 124 valence electrons. The summed E-state index contributed by atoms with van der Waals surface area (Å²) in [5, 5.41) is 3.54. The number of carbonyl (C=O) groups is 1. The molecule has 0 aliphatic carbocycles. The lowest BCUT2D eigenvalue weighted by Gasteiger charge is -2.30. The second-order valence-electron chi connectivity index (χ2n) is 5.65. The van der Waals surface area contributed by atoms with Crippen LogP contribution in [0.1, 0.15) is 38.1 Å². The molecule has 0 atom stereocenters. The van der Waals surface area contributed by atoms with Gasteiger partial charge in [0.15, 0.2) is 5.75 Å². The van der Waals surface area contributed by atoms with Crippen LogP contribution in [-0.2, 0) is 0 Å². The van der Waals surface area contributed by atoms with Crippen LogP contribution in [-0.4, -0.2) is 43.1 Å². The van der Waals surface area contributed by atoms with E-state index < -0.39 is 0 Å². The smallest absolute Gasteiger partial charge is 0.251 e. The molecule has 0 aromatic heterocycles. The Morgan fingerprint density at radius 3 is 2.09 bits per heavy atom. The van der Waals surface area contributed by atoms with Gasteiger partial charge in [0.25, 0.3) is 5.91 Å². The van der Waals surface area contributed by atoms with Crippen LogP contribution >= 0.6 is 23.2 Å². The van der Waals surface area contributed by atoms with Crippen LogP contribution in [0.25, 0.3) is 0 Å². The minimum atomic E-state index is -0.195. The number of methoxy groups -OCH3 is 1. The van der Waals surface area contributed by atoms with E-state index >= 15 is 0 Å². The molecule has 4 nitrogen and oxygen atoms in total. The van der Waals surface area contributed by atoms with Crippen LogP contribution in [0.3, 0.4) is 0 Å². The van der Waals surface area contributed by atoms with Crippen LogP contribution in [0.5, 0.6) is 5.75 Å². The van der Waals surface area contributed by atoms with Gasteiger partial charge in [-0.2, -0.15) is 0 Å². The summed E-state index contributed by atoms with van der Waals surface area (Å²) in [6.45, 7) is 9.93. The monoisotopic (exact) mass is 346 g/mol. The van der Waals surface area contributed by atoms with E-state index in [0.717, 1.165) is 6.54 Å². The topological polar surface area (TPSA) is 41.6 Å². The summed E-state index contributed by atoms with van der Waals surface area (Å²) in [5.41, 5.74) is 0.427. The molecule has 1 aromatic rings. The SMILES string of the molecule is COc1c(Cl)cc(C(=O)NCCN(C(C)C)C(C)C)cc1Cl. The van der Waals surface area contributed by atoms with Crippen molar-refractivity contribution in [3.8, 4) is 5.75 Å². The average molecular weight is 347 g/mol. The first-order valence-corrected chi connectivity index (χ1v) is 8.10. The van der Waals surface area contributed by atoms with E-state index in [1.54, 1.807) is 12.1 Å². The molecule has 1 amide bonds. The third kappa shape index (κ3) is 5.04. The molecule has 0 saturated carbocycles. The lowest BCUT2D eigenvalue weighted by molar-refractivity contribution is 0.0939. The summed E-state index contributed by atoms with van der Waals surface area (Å²) in [4.78, 5) is 14.5. The summed E-state index contributed by atoms with van der Waals surface area (Å²) in [6.07, 6.45) is 0. The highest BCUT2D eigenvalue weighted by Gasteiger charge is 2.15. The molecule has 1 rings (SSSR count). The fraction of sp³-hybridized carbons (Fsp3) is 0.562. The molecular weight excluding hydrogens is 323 g/mol. The summed E-state index contributed by atoms with van der Waals surface area (Å²) in [7, 11) is 1.49. The van der Waals surface area contributed by atoms with E-state index in [2.05, 4.69) is 37.9 Å². The maximum Gasteiger partial charge on any atom is 0.251 e. The Kier molecular flexibility index (Phi) is 7.46. The zero-order valence-corrected chi connectivity index (χ0v) is 15.3. The van der Waals surface area contributed by atoms with E-state index in [0.29, 0.717) is 40.0 Å². The van der Waals surface area contributed by atoms with Gasteiger partial charge in [-0.15, -0.1) is 0 Å². The molecule has 0 unspecified atom stereocenters. The molecule has 22 heavy (non-hydrogen) atoms. The van der Waals surface area contributed by atoms with Crippen molar-refractivity contribution in [1.29, 1.82) is 0 Å². The number of ether oxygens (including phenoxy) is 1. The van der Waals surface area contributed by atoms with Crippen molar-refractivity contribution in [2.24, 2.45) is 0 Å². The number of nitrogens with one attached hydrogen (secondary N) is 1. The Morgan fingerprint density at radius 1 is 1.18 bits per heavy atom. The first-order chi connectivity index (χ1) is 10.3. The van der Waals surface area contributed by atoms with Crippen LogP contribution < -0.4 is 10.1 Å². The molecule has 0 saturated heterocycles. The van der Waals surface area contributed by atoms with Gasteiger partial charge in [-0.3, -0.25) is 9.69 Å². The second kappa shape index (κ2) is 8.61. The van der Waals surface area contributed by atoms with Gasteiger partial charge in [0.2, 0.25) is 0 Å². The van der Waals surface area contributed by atoms with Crippen LogP contribution in [0.2, 0.25) is 10.0 Å². The molecule has 0 radical (unpaired) electrons. The van der Waals surface area contributed by atoms with Gasteiger partial charge < -0.3 is 10.1 Å². The fourth-order valence-corrected chi connectivity index (χ4v) is 3.04. The van der Waals surface area contributed by atoms with Crippen LogP contribution in [0, 0.1) is 0 Å². The lowest BCUT2D eigenvalue weighted by Crippen LogP contribution is -2.42. The van der Waals surface area contributed by atoms with Gasteiger partial charge in [0.05, 0.1) is 17.2 Å². The third-order valence-corrected chi connectivity index (χ3v) is 4.01. The predicted octanol–water partition coefficient (Wildman–Crippen LogP) is 3.85. The van der Waals surface area contributed by atoms with Crippen molar-refractivity contribution in [2.45, 2.75) is 39.8 Å². The van der Waals surface area contributed by atoms with E-state index in [1.165, 1.54) is 7.11 Å². The predicted molar refractivity (Wildman–Crippen MR) is 92.3 cm³/mol. The van der Waals surface area contributed by atoms with Gasteiger partial charge in [0, 0.05) is 30.7 Å². The lowest BCUT2D eigenvalue weighted by atomic mass is 10.2. The molecule has 0 aliphatic rings. The van der Waals surface area contributed by atoms with Gasteiger partial charge in [-0.25, -0.2) is 0 Å². The Hall–Kier alpha value is -0.970. The molecular formula is C16H24Cl2N2O2. The van der Waals surface area contributed by atoms with Crippen molar-refractivity contribution >= 4 is 29.1 Å². The van der Waals surface area contributed by atoms with E-state index in [-0.39, 0.29) is 5.91 Å². The molecule has 0 fully saturated rings. The summed E-state index contributed by atoms with van der Waals surface area (Å²) >= 11 is 12.1. The van der Waals surface area contributed by atoms with Crippen molar-refractivity contribution in [3.63, 3.8) is 0 Å². The first kappa shape index (κ1) is 19.1. The summed E-state index contributed by atoms with van der Waals surface area (Å²) < 4.78 is 5.07.